The molecule has 29 heavy (non-hydrogen) atoms. The summed E-state index contributed by atoms with van der Waals surface area (Å²) in [5, 5.41) is 0. The molecule has 0 spiro atoms. The van der Waals surface area contributed by atoms with Crippen LogP contribution in [0.25, 0.3) is 0 Å². The molecule has 0 bridgehead atoms. The molecule has 0 aliphatic heterocycles. The highest BCUT2D eigenvalue weighted by Gasteiger charge is 2.42. The van der Waals surface area contributed by atoms with E-state index >= 15 is 0 Å². The molecular formula is C25H35O3P. The van der Waals surface area contributed by atoms with Gasteiger partial charge in [-0.2, -0.15) is 0 Å². The van der Waals surface area contributed by atoms with Crippen molar-refractivity contribution in [3.63, 3.8) is 0 Å². The maximum atomic E-state index is 10.0. The van der Waals surface area contributed by atoms with Crippen LogP contribution < -0.4 is 0 Å². The summed E-state index contributed by atoms with van der Waals surface area (Å²) in [6.45, 7) is 14.8. The lowest BCUT2D eigenvalue weighted by molar-refractivity contribution is 0.121. The summed E-state index contributed by atoms with van der Waals surface area (Å²) in [7, 11) is -2.59. The molecule has 0 saturated carbocycles. The van der Waals surface area contributed by atoms with Crippen LogP contribution in [-0.2, 0) is 10.1 Å². The van der Waals surface area contributed by atoms with E-state index in [9.17, 15) is 9.79 Å². The van der Waals surface area contributed by atoms with Crippen molar-refractivity contribution in [1.29, 1.82) is 0 Å². The molecule has 4 heteroatoms. The Bertz CT molecular complexity index is 790. The first-order valence-electron chi connectivity index (χ1n) is 10.4. The fourth-order valence-electron chi connectivity index (χ4n) is 4.17. The van der Waals surface area contributed by atoms with Crippen molar-refractivity contribution in [2.45, 2.75) is 72.3 Å². The summed E-state index contributed by atoms with van der Waals surface area (Å²) in [5.74, 6) is 0. The number of benzene rings is 2. The number of rotatable bonds is 10. The predicted molar refractivity (Wildman–Crippen MR) is 123 cm³/mol. The van der Waals surface area contributed by atoms with Gasteiger partial charge in [-0.3, -0.25) is 4.52 Å². The van der Waals surface area contributed by atoms with Crippen molar-refractivity contribution in [2.24, 2.45) is 0 Å². The summed E-state index contributed by atoms with van der Waals surface area (Å²) >= 11 is 0. The second-order valence-corrected chi connectivity index (χ2v) is 8.76. The molecule has 0 heterocycles. The standard InChI is InChI=1S/C25H35O3P/c1-7-8-9-10-11-22(6)25(28-29(26)27,23-14-12-18(2)16-20(23)4)24-15-13-19(3)17-21(24)5/h12-17,26-27H,6-11H2,1-5H3. The topological polar surface area (TPSA) is 49.7 Å². The number of aryl methyl sites for hydroxylation is 4. The highest BCUT2D eigenvalue weighted by molar-refractivity contribution is 7.39. The molecule has 0 aliphatic carbocycles. The summed E-state index contributed by atoms with van der Waals surface area (Å²) in [5.41, 5.74) is 6.04. The molecule has 2 aromatic rings. The third-order valence-corrected chi connectivity index (χ3v) is 6.01. The van der Waals surface area contributed by atoms with Gasteiger partial charge in [0.1, 0.15) is 5.60 Å². The lowest BCUT2D eigenvalue weighted by Gasteiger charge is -2.39. The third-order valence-electron chi connectivity index (χ3n) is 5.57. The Labute approximate surface area is 177 Å². The highest BCUT2D eigenvalue weighted by Crippen LogP contribution is 2.51. The molecule has 0 fully saturated rings. The SMILES string of the molecule is C=C(CCCCCC)C(OP(O)O)(c1ccc(C)cc1C)c1ccc(C)cc1C. The fraction of sp³-hybridized carbons (Fsp3) is 0.440. The summed E-state index contributed by atoms with van der Waals surface area (Å²) in [6, 6.07) is 12.4. The van der Waals surface area contributed by atoms with E-state index in [0.29, 0.717) is 0 Å². The zero-order valence-corrected chi connectivity index (χ0v) is 19.4. The molecular weight excluding hydrogens is 379 g/mol. The quantitative estimate of drug-likeness (QED) is 0.252. The fourth-order valence-corrected chi connectivity index (χ4v) is 4.74. The van der Waals surface area contributed by atoms with Gasteiger partial charge in [0, 0.05) is 0 Å². The van der Waals surface area contributed by atoms with Crippen molar-refractivity contribution in [2.75, 3.05) is 0 Å². The van der Waals surface area contributed by atoms with Gasteiger partial charge in [-0.1, -0.05) is 80.3 Å². The number of hydrogen-bond donors (Lipinski definition) is 2. The van der Waals surface area contributed by atoms with Crippen LogP contribution in [-0.4, -0.2) is 9.79 Å². The Balaban J connectivity index is 2.69. The van der Waals surface area contributed by atoms with Gasteiger partial charge in [-0.15, -0.1) is 0 Å². The maximum Gasteiger partial charge on any atom is 0.328 e. The van der Waals surface area contributed by atoms with E-state index in [1.54, 1.807) is 0 Å². The predicted octanol–water partition coefficient (Wildman–Crippen LogP) is 6.92. The van der Waals surface area contributed by atoms with Crippen LogP contribution in [0.5, 0.6) is 0 Å². The molecule has 0 radical (unpaired) electrons. The molecule has 0 unspecified atom stereocenters. The minimum atomic E-state index is -2.59. The van der Waals surface area contributed by atoms with Crippen LogP contribution in [0.15, 0.2) is 48.6 Å². The minimum Gasteiger partial charge on any atom is -0.328 e. The number of hydrogen-bond acceptors (Lipinski definition) is 3. The van der Waals surface area contributed by atoms with E-state index in [4.69, 9.17) is 4.52 Å². The van der Waals surface area contributed by atoms with Gasteiger partial charge in [0.05, 0.1) is 0 Å². The van der Waals surface area contributed by atoms with Crippen LogP contribution in [0.2, 0.25) is 0 Å². The van der Waals surface area contributed by atoms with Gasteiger partial charge < -0.3 is 9.79 Å². The molecule has 158 valence electrons. The summed E-state index contributed by atoms with van der Waals surface area (Å²) in [6.07, 6.45) is 5.24. The molecule has 3 nitrogen and oxygen atoms in total. The molecule has 0 atom stereocenters. The van der Waals surface area contributed by atoms with Crippen molar-refractivity contribution in [1.82, 2.24) is 0 Å². The molecule has 0 aliphatic rings. The monoisotopic (exact) mass is 414 g/mol. The Morgan fingerprint density at radius 1 is 0.897 bits per heavy atom. The second kappa shape index (κ2) is 10.5. The van der Waals surface area contributed by atoms with Crippen molar-refractivity contribution < 1.29 is 14.3 Å². The lowest BCUT2D eigenvalue weighted by Crippen LogP contribution is -2.34. The van der Waals surface area contributed by atoms with E-state index in [-0.39, 0.29) is 0 Å². The van der Waals surface area contributed by atoms with Gasteiger partial charge in [0.25, 0.3) is 0 Å². The molecule has 0 saturated heterocycles. The van der Waals surface area contributed by atoms with Crippen molar-refractivity contribution in [3.05, 3.63) is 81.9 Å². The first-order chi connectivity index (χ1) is 13.7. The van der Waals surface area contributed by atoms with Gasteiger partial charge in [-0.05, 0) is 68.4 Å². The van der Waals surface area contributed by atoms with E-state index in [1.165, 1.54) is 12.8 Å². The lowest BCUT2D eigenvalue weighted by atomic mass is 9.75. The van der Waals surface area contributed by atoms with Gasteiger partial charge >= 0.3 is 8.60 Å². The first kappa shape index (κ1) is 23.8. The van der Waals surface area contributed by atoms with Gasteiger partial charge in [0.2, 0.25) is 0 Å². The molecule has 0 aromatic heterocycles. The minimum absolute atomic E-state index is 0.768. The largest absolute Gasteiger partial charge is 0.328 e. The summed E-state index contributed by atoms with van der Waals surface area (Å²) < 4.78 is 6.05. The summed E-state index contributed by atoms with van der Waals surface area (Å²) in [4.78, 5) is 20.0. The van der Waals surface area contributed by atoms with E-state index in [1.807, 2.05) is 38.1 Å². The zero-order chi connectivity index (χ0) is 21.6. The highest BCUT2D eigenvalue weighted by atomic mass is 31.2. The van der Waals surface area contributed by atoms with E-state index < -0.39 is 14.2 Å². The Morgan fingerprint density at radius 3 is 1.83 bits per heavy atom. The second-order valence-electron chi connectivity index (χ2n) is 8.08. The Hall–Kier alpha value is -1.51. The first-order valence-corrected chi connectivity index (χ1v) is 11.6. The smallest absolute Gasteiger partial charge is 0.328 e. The Morgan fingerprint density at radius 2 is 1.41 bits per heavy atom. The van der Waals surface area contributed by atoms with Crippen LogP contribution in [0.4, 0.5) is 0 Å². The van der Waals surface area contributed by atoms with Crippen LogP contribution in [0.3, 0.4) is 0 Å². The third kappa shape index (κ3) is 5.55. The van der Waals surface area contributed by atoms with Crippen molar-refractivity contribution >= 4 is 8.60 Å². The van der Waals surface area contributed by atoms with E-state index in [2.05, 4.69) is 39.5 Å². The molecule has 2 aromatic carbocycles. The molecule has 2 N–H and O–H groups in total. The number of unbranched alkanes of at least 4 members (excludes halogenated alkanes) is 3. The zero-order valence-electron chi connectivity index (χ0n) is 18.5. The Kier molecular flexibility index (Phi) is 8.60. The normalized spacial score (nSPS) is 11.9. The van der Waals surface area contributed by atoms with Crippen LogP contribution in [0.1, 0.15) is 72.4 Å². The van der Waals surface area contributed by atoms with Crippen LogP contribution >= 0.6 is 8.60 Å². The van der Waals surface area contributed by atoms with Crippen molar-refractivity contribution in [3.8, 4) is 0 Å². The van der Waals surface area contributed by atoms with Crippen LogP contribution in [0, 0.1) is 27.7 Å². The molecule has 0 amide bonds. The molecule has 2 rings (SSSR count). The van der Waals surface area contributed by atoms with E-state index in [0.717, 1.165) is 58.2 Å². The van der Waals surface area contributed by atoms with Gasteiger partial charge in [-0.25, -0.2) is 0 Å². The average molecular weight is 415 g/mol. The van der Waals surface area contributed by atoms with Gasteiger partial charge in [0.15, 0.2) is 0 Å². The maximum absolute atomic E-state index is 10.0. The average Bonchev–Trinajstić information content (AvgIpc) is 2.63.